The van der Waals surface area contributed by atoms with Crippen LogP contribution in [0, 0.1) is 5.82 Å². The quantitative estimate of drug-likeness (QED) is 0.731. The van der Waals surface area contributed by atoms with E-state index >= 15 is 0 Å². The summed E-state index contributed by atoms with van der Waals surface area (Å²) in [4.78, 5) is 12.1. The number of hydrogen-bond donors (Lipinski definition) is 1. The molecule has 1 unspecified atom stereocenters. The molecular formula is C18H19BrFNO2. The van der Waals surface area contributed by atoms with Crippen molar-refractivity contribution in [1.82, 2.24) is 5.32 Å². The number of nitrogens with one attached hydrogen (secondary N) is 1. The smallest absolute Gasteiger partial charge is 0.223 e. The molecule has 1 amide bonds. The van der Waals surface area contributed by atoms with Crippen LogP contribution in [0.5, 0.6) is 0 Å². The Bertz CT molecular complexity index is 649. The van der Waals surface area contributed by atoms with Gasteiger partial charge in [-0.3, -0.25) is 4.79 Å². The molecule has 5 heteroatoms. The van der Waals surface area contributed by atoms with Crippen molar-refractivity contribution in [2.24, 2.45) is 0 Å². The molecule has 0 aliphatic carbocycles. The van der Waals surface area contributed by atoms with Gasteiger partial charge in [-0.25, -0.2) is 4.39 Å². The highest BCUT2D eigenvalue weighted by atomic mass is 79.9. The average molecular weight is 380 g/mol. The summed E-state index contributed by atoms with van der Waals surface area (Å²) in [5.74, 6) is -0.534. The molecule has 23 heavy (non-hydrogen) atoms. The lowest BCUT2D eigenvalue weighted by atomic mass is 9.98. The predicted octanol–water partition coefficient (Wildman–Crippen LogP) is 4.22. The number of halogens is 2. The summed E-state index contributed by atoms with van der Waals surface area (Å²) in [7, 11) is 0. The lowest BCUT2D eigenvalue weighted by Gasteiger charge is -2.20. The average Bonchev–Trinajstić information content (AvgIpc) is 2.54. The maximum absolute atomic E-state index is 14.3. The van der Waals surface area contributed by atoms with E-state index in [2.05, 4.69) is 21.2 Å². The van der Waals surface area contributed by atoms with Gasteiger partial charge in [-0.1, -0.05) is 52.3 Å². The first-order valence-electron chi connectivity index (χ1n) is 7.48. The van der Waals surface area contributed by atoms with Gasteiger partial charge in [0.05, 0.1) is 12.6 Å². The lowest BCUT2D eigenvalue weighted by Crippen LogP contribution is -2.30. The van der Waals surface area contributed by atoms with E-state index in [9.17, 15) is 9.18 Å². The third kappa shape index (κ3) is 5.15. The first kappa shape index (κ1) is 17.6. The van der Waals surface area contributed by atoms with Gasteiger partial charge in [0, 0.05) is 23.1 Å². The summed E-state index contributed by atoms with van der Waals surface area (Å²) in [6.45, 7) is 2.80. The Morgan fingerprint density at radius 2 is 2.00 bits per heavy atom. The molecule has 0 aromatic heterocycles. The number of ether oxygens (including phenoxy) is 1. The van der Waals surface area contributed by atoms with Crippen LogP contribution in [0.3, 0.4) is 0 Å². The summed E-state index contributed by atoms with van der Waals surface area (Å²) in [6.07, 6.45) is 0.245. The second kappa shape index (κ2) is 8.79. The van der Waals surface area contributed by atoms with Crippen molar-refractivity contribution in [3.8, 4) is 0 Å². The Morgan fingerprint density at radius 3 is 2.65 bits per heavy atom. The van der Waals surface area contributed by atoms with E-state index in [1.807, 2.05) is 37.3 Å². The molecule has 1 atom stereocenters. The Morgan fingerprint density at radius 1 is 1.26 bits per heavy atom. The first-order chi connectivity index (χ1) is 11.1. The van der Waals surface area contributed by atoms with Crippen LogP contribution >= 0.6 is 15.9 Å². The van der Waals surface area contributed by atoms with E-state index < -0.39 is 6.04 Å². The molecule has 0 spiro atoms. The molecule has 0 aliphatic rings. The van der Waals surface area contributed by atoms with Crippen molar-refractivity contribution in [1.29, 1.82) is 0 Å². The minimum atomic E-state index is -0.529. The normalized spacial score (nSPS) is 12.0. The molecule has 2 aromatic rings. The van der Waals surface area contributed by atoms with Gasteiger partial charge in [-0.05, 0) is 24.6 Å². The Balaban J connectivity index is 2.24. The van der Waals surface area contributed by atoms with Crippen LogP contribution in [0.15, 0.2) is 53.0 Å². The first-order valence-corrected chi connectivity index (χ1v) is 8.28. The number of rotatable bonds is 7. The van der Waals surface area contributed by atoms with Crippen LogP contribution in [0.1, 0.15) is 30.5 Å². The molecule has 2 rings (SSSR count). The SMILES string of the molecule is CCOCCC(=O)NC(c1ccccc1)c1ccc(Br)cc1F. The van der Waals surface area contributed by atoms with Gasteiger partial charge < -0.3 is 10.1 Å². The van der Waals surface area contributed by atoms with Crippen LogP contribution in [-0.4, -0.2) is 19.1 Å². The van der Waals surface area contributed by atoms with Gasteiger partial charge in [0.1, 0.15) is 5.82 Å². The number of amides is 1. The molecule has 0 saturated heterocycles. The molecular weight excluding hydrogens is 361 g/mol. The molecule has 122 valence electrons. The topological polar surface area (TPSA) is 38.3 Å². The van der Waals surface area contributed by atoms with Crippen LogP contribution in [0.4, 0.5) is 4.39 Å². The van der Waals surface area contributed by atoms with Gasteiger partial charge >= 0.3 is 0 Å². The summed E-state index contributed by atoms with van der Waals surface area (Å²) >= 11 is 3.25. The third-order valence-corrected chi connectivity index (χ3v) is 3.88. The Hall–Kier alpha value is -1.72. The molecule has 0 heterocycles. The molecule has 0 radical (unpaired) electrons. The van der Waals surface area contributed by atoms with Crippen molar-refractivity contribution >= 4 is 21.8 Å². The summed E-state index contributed by atoms with van der Waals surface area (Å²) in [5, 5.41) is 2.89. The van der Waals surface area contributed by atoms with Crippen LogP contribution < -0.4 is 5.32 Å². The summed E-state index contributed by atoms with van der Waals surface area (Å²) in [5.41, 5.74) is 1.27. The van der Waals surface area contributed by atoms with E-state index in [-0.39, 0.29) is 18.1 Å². The van der Waals surface area contributed by atoms with Gasteiger partial charge in [0.25, 0.3) is 0 Å². The Kier molecular flexibility index (Phi) is 6.74. The molecule has 0 saturated carbocycles. The zero-order valence-corrected chi connectivity index (χ0v) is 14.5. The van der Waals surface area contributed by atoms with Crippen molar-refractivity contribution in [3.05, 3.63) is 69.9 Å². The minimum absolute atomic E-state index is 0.172. The maximum Gasteiger partial charge on any atom is 0.223 e. The van der Waals surface area contributed by atoms with Gasteiger partial charge in [-0.2, -0.15) is 0 Å². The third-order valence-electron chi connectivity index (χ3n) is 3.39. The summed E-state index contributed by atoms with van der Waals surface area (Å²) in [6, 6.07) is 13.7. The molecule has 2 aromatic carbocycles. The fraction of sp³-hybridized carbons (Fsp3) is 0.278. The lowest BCUT2D eigenvalue weighted by molar-refractivity contribution is -0.122. The van der Waals surface area contributed by atoms with Gasteiger partial charge in [0.2, 0.25) is 5.91 Å². The fourth-order valence-electron chi connectivity index (χ4n) is 2.26. The van der Waals surface area contributed by atoms with E-state index in [1.54, 1.807) is 12.1 Å². The number of benzene rings is 2. The molecule has 0 aliphatic heterocycles. The maximum atomic E-state index is 14.3. The number of hydrogen-bond acceptors (Lipinski definition) is 2. The predicted molar refractivity (Wildman–Crippen MR) is 91.6 cm³/mol. The molecule has 1 N–H and O–H groups in total. The van der Waals surface area contributed by atoms with Gasteiger partial charge in [0.15, 0.2) is 0 Å². The molecule has 0 fully saturated rings. The second-order valence-corrected chi connectivity index (χ2v) is 5.94. The zero-order valence-electron chi connectivity index (χ0n) is 12.9. The zero-order chi connectivity index (χ0) is 16.7. The van der Waals surface area contributed by atoms with Crippen molar-refractivity contribution in [2.75, 3.05) is 13.2 Å². The monoisotopic (exact) mass is 379 g/mol. The van der Waals surface area contributed by atoms with Gasteiger partial charge in [-0.15, -0.1) is 0 Å². The minimum Gasteiger partial charge on any atom is -0.381 e. The second-order valence-electron chi connectivity index (χ2n) is 5.02. The Labute approximate surface area is 144 Å². The highest BCUT2D eigenvalue weighted by Crippen LogP contribution is 2.26. The van der Waals surface area contributed by atoms with E-state index in [0.29, 0.717) is 23.2 Å². The van der Waals surface area contributed by atoms with Crippen molar-refractivity contribution in [3.63, 3.8) is 0 Å². The van der Waals surface area contributed by atoms with Crippen LogP contribution in [0.2, 0.25) is 0 Å². The van der Waals surface area contributed by atoms with Crippen molar-refractivity contribution in [2.45, 2.75) is 19.4 Å². The van der Waals surface area contributed by atoms with Crippen LogP contribution in [-0.2, 0) is 9.53 Å². The van der Waals surface area contributed by atoms with Crippen LogP contribution in [0.25, 0.3) is 0 Å². The van der Waals surface area contributed by atoms with Crippen molar-refractivity contribution < 1.29 is 13.9 Å². The number of carbonyl (C=O) groups excluding carboxylic acids is 1. The molecule has 0 bridgehead atoms. The largest absolute Gasteiger partial charge is 0.381 e. The van der Waals surface area contributed by atoms with E-state index in [1.165, 1.54) is 6.07 Å². The number of carbonyl (C=O) groups is 1. The van der Waals surface area contributed by atoms with E-state index in [0.717, 1.165) is 5.56 Å². The fourth-order valence-corrected chi connectivity index (χ4v) is 2.60. The summed E-state index contributed by atoms with van der Waals surface area (Å²) < 4.78 is 20.2. The molecule has 3 nitrogen and oxygen atoms in total. The standard InChI is InChI=1S/C18H19BrFNO2/c1-2-23-11-10-17(22)21-18(13-6-4-3-5-7-13)15-9-8-14(19)12-16(15)20/h3-9,12,18H,2,10-11H2,1H3,(H,21,22). The highest BCUT2D eigenvalue weighted by molar-refractivity contribution is 9.10. The highest BCUT2D eigenvalue weighted by Gasteiger charge is 2.20. The van der Waals surface area contributed by atoms with E-state index in [4.69, 9.17) is 4.74 Å².